The Bertz CT molecular complexity index is 774. The third-order valence-corrected chi connectivity index (χ3v) is 4.77. The van der Waals surface area contributed by atoms with E-state index in [0.717, 1.165) is 31.8 Å². The Morgan fingerprint density at radius 1 is 1.29 bits per heavy atom. The van der Waals surface area contributed by atoms with E-state index >= 15 is 0 Å². The first-order valence-electron chi connectivity index (χ1n) is 6.47. The Morgan fingerprint density at radius 2 is 2.14 bits per heavy atom. The molecule has 2 aromatic heterocycles. The van der Waals surface area contributed by atoms with Crippen LogP contribution in [0, 0.1) is 0 Å². The molecule has 108 valence electrons. The van der Waals surface area contributed by atoms with Crippen LogP contribution in [0.2, 0.25) is 0 Å². The summed E-state index contributed by atoms with van der Waals surface area (Å²) in [5.74, 6) is 1.68. The Morgan fingerprint density at radius 3 is 2.95 bits per heavy atom. The molecule has 4 nitrogen and oxygen atoms in total. The molecule has 21 heavy (non-hydrogen) atoms. The lowest BCUT2D eigenvalue weighted by Gasteiger charge is -2.16. The number of thiophene rings is 1. The SMILES string of the molecule is COc1cc(C(C)Nc2ncnc3sccc23)ccc1Br. The highest BCUT2D eigenvalue weighted by molar-refractivity contribution is 9.10. The summed E-state index contributed by atoms with van der Waals surface area (Å²) < 4.78 is 6.29. The minimum Gasteiger partial charge on any atom is -0.496 e. The summed E-state index contributed by atoms with van der Waals surface area (Å²) in [7, 11) is 1.67. The summed E-state index contributed by atoms with van der Waals surface area (Å²) in [4.78, 5) is 9.60. The second-order valence-electron chi connectivity index (χ2n) is 4.62. The van der Waals surface area contributed by atoms with E-state index in [1.54, 1.807) is 24.8 Å². The monoisotopic (exact) mass is 363 g/mol. The maximum Gasteiger partial charge on any atom is 0.138 e. The van der Waals surface area contributed by atoms with Crippen molar-refractivity contribution in [3.8, 4) is 5.75 Å². The van der Waals surface area contributed by atoms with Gasteiger partial charge in [-0.1, -0.05) is 6.07 Å². The molecular formula is C15H14BrN3OS. The van der Waals surface area contributed by atoms with E-state index < -0.39 is 0 Å². The molecule has 0 radical (unpaired) electrons. The van der Waals surface area contributed by atoms with Crippen LogP contribution < -0.4 is 10.1 Å². The number of anilines is 1. The van der Waals surface area contributed by atoms with Crippen LogP contribution in [-0.2, 0) is 0 Å². The first-order valence-corrected chi connectivity index (χ1v) is 8.14. The molecule has 0 aliphatic rings. The molecule has 0 fully saturated rings. The summed E-state index contributed by atoms with van der Waals surface area (Å²) >= 11 is 5.08. The molecule has 6 heteroatoms. The number of halogens is 1. The number of rotatable bonds is 4. The average molecular weight is 364 g/mol. The van der Waals surface area contributed by atoms with Gasteiger partial charge >= 0.3 is 0 Å². The van der Waals surface area contributed by atoms with Gasteiger partial charge in [-0.3, -0.25) is 0 Å². The zero-order valence-corrected chi connectivity index (χ0v) is 14.0. The van der Waals surface area contributed by atoms with Gasteiger partial charge in [0.25, 0.3) is 0 Å². The fourth-order valence-corrected chi connectivity index (χ4v) is 3.28. The summed E-state index contributed by atoms with van der Waals surface area (Å²) in [6.45, 7) is 2.10. The fraction of sp³-hybridized carbons (Fsp3) is 0.200. The number of hydrogen-bond donors (Lipinski definition) is 1. The number of hydrogen-bond acceptors (Lipinski definition) is 5. The van der Waals surface area contributed by atoms with Crippen LogP contribution in [0.1, 0.15) is 18.5 Å². The summed E-state index contributed by atoms with van der Waals surface area (Å²) in [5.41, 5.74) is 1.14. The maximum atomic E-state index is 5.35. The van der Waals surface area contributed by atoms with E-state index in [1.807, 2.05) is 23.6 Å². The molecular weight excluding hydrogens is 350 g/mol. The fourth-order valence-electron chi connectivity index (χ4n) is 2.14. The van der Waals surface area contributed by atoms with E-state index in [-0.39, 0.29) is 6.04 Å². The molecule has 0 saturated heterocycles. The van der Waals surface area contributed by atoms with Crippen LogP contribution in [-0.4, -0.2) is 17.1 Å². The van der Waals surface area contributed by atoms with Crippen molar-refractivity contribution in [2.75, 3.05) is 12.4 Å². The molecule has 1 aromatic carbocycles. The third kappa shape index (κ3) is 2.87. The molecule has 3 rings (SSSR count). The van der Waals surface area contributed by atoms with E-state index in [2.05, 4.69) is 44.2 Å². The highest BCUT2D eigenvalue weighted by Gasteiger charge is 2.11. The molecule has 1 N–H and O–H groups in total. The number of benzene rings is 1. The van der Waals surface area contributed by atoms with Gasteiger partial charge in [0.15, 0.2) is 0 Å². The number of nitrogens with zero attached hydrogens (tertiary/aromatic N) is 2. The number of methoxy groups -OCH3 is 1. The Hall–Kier alpha value is -1.66. The van der Waals surface area contributed by atoms with Crippen molar-refractivity contribution in [1.82, 2.24) is 9.97 Å². The lowest BCUT2D eigenvalue weighted by molar-refractivity contribution is 0.411. The van der Waals surface area contributed by atoms with E-state index in [9.17, 15) is 0 Å². The normalized spacial score (nSPS) is 12.3. The first kappa shape index (κ1) is 14.3. The van der Waals surface area contributed by atoms with Gasteiger partial charge in [0.1, 0.15) is 22.7 Å². The van der Waals surface area contributed by atoms with Crippen molar-refractivity contribution in [2.24, 2.45) is 0 Å². The van der Waals surface area contributed by atoms with Gasteiger partial charge in [-0.2, -0.15) is 0 Å². The van der Waals surface area contributed by atoms with Crippen LogP contribution in [0.4, 0.5) is 5.82 Å². The van der Waals surface area contributed by atoms with Crippen molar-refractivity contribution in [1.29, 1.82) is 0 Å². The van der Waals surface area contributed by atoms with Crippen molar-refractivity contribution in [3.63, 3.8) is 0 Å². The minimum atomic E-state index is 0.116. The van der Waals surface area contributed by atoms with Gasteiger partial charge in [0.05, 0.1) is 23.0 Å². The highest BCUT2D eigenvalue weighted by Crippen LogP contribution is 2.31. The molecule has 0 spiro atoms. The topological polar surface area (TPSA) is 47.0 Å². The maximum absolute atomic E-state index is 5.35. The lowest BCUT2D eigenvalue weighted by atomic mass is 10.1. The van der Waals surface area contributed by atoms with Gasteiger partial charge < -0.3 is 10.1 Å². The molecule has 0 bridgehead atoms. The van der Waals surface area contributed by atoms with E-state index in [1.165, 1.54) is 0 Å². The molecule has 0 aliphatic carbocycles. The van der Waals surface area contributed by atoms with Crippen LogP contribution in [0.3, 0.4) is 0 Å². The molecule has 0 saturated carbocycles. The van der Waals surface area contributed by atoms with Crippen LogP contribution in [0.25, 0.3) is 10.2 Å². The van der Waals surface area contributed by atoms with Gasteiger partial charge in [-0.25, -0.2) is 9.97 Å². The Kier molecular flexibility index (Phi) is 4.07. The third-order valence-electron chi connectivity index (χ3n) is 3.29. The molecule has 1 unspecified atom stereocenters. The number of ether oxygens (including phenoxy) is 1. The van der Waals surface area contributed by atoms with Crippen LogP contribution in [0.15, 0.2) is 40.4 Å². The quantitative estimate of drug-likeness (QED) is 0.733. The van der Waals surface area contributed by atoms with Crippen molar-refractivity contribution < 1.29 is 4.74 Å². The molecule has 0 aliphatic heterocycles. The summed E-state index contributed by atoms with van der Waals surface area (Å²) in [5, 5.41) is 6.52. The van der Waals surface area contributed by atoms with E-state index in [4.69, 9.17) is 4.74 Å². The molecule has 3 aromatic rings. The van der Waals surface area contributed by atoms with Crippen molar-refractivity contribution in [2.45, 2.75) is 13.0 Å². The van der Waals surface area contributed by atoms with Gasteiger partial charge in [0.2, 0.25) is 0 Å². The van der Waals surface area contributed by atoms with E-state index in [0.29, 0.717) is 0 Å². The largest absolute Gasteiger partial charge is 0.496 e. The summed E-state index contributed by atoms with van der Waals surface area (Å²) in [6, 6.07) is 8.23. The summed E-state index contributed by atoms with van der Waals surface area (Å²) in [6.07, 6.45) is 1.59. The Labute approximate surface area is 135 Å². The molecule has 0 amide bonds. The van der Waals surface area contributed by atoms with Crippen molar-refractivity contribution >= 4 is 43.3 Å². The second-order valence-corrected chi connectivity index (χ2v) is 6.37. The standard InChI is InChI=1S/C15H14BrN3OS/c1-9(10-3-4-12(16)13(7-10)20-2)19-14-11-5-6-21-15(11)18-8-17-14/h3-9H,1-2H3,(H,17,18,19). The first-order chi connectivity index (χ1) is 10.2. The Balaban J connectivity index is 1.89. The highest BCUT2D eigenvalue weighted by atomic mass is 79.9. The second kappa shape index (κ2) is 5.99. The number of fused-ring (bicyclic) bond motifs is 1. The molecule has 2 heterocycles. The zero-order chi connectivity index (χ0) is 14.8. The number of nitrogens with one attached hydrogen (secondary N) is 1. The predicted molar refractivity (Wildman–Crippen MR) is 90.1 cm³/mol. The van der Waals surface area contributed by atoms with Gasteiger partial charge in [0, 0.05) is 0 Å². The molecule has 1 atom stereocenters. The smallest absolute Gasteiger partial charge is 0.138 e. The minimum absolute atomic E-state index is 0.116. The van der Waals surface area contributed by atoms with Gasteiger partial charge in [-0.15, -0.1) is 11.3 Å². The van der Waals surface area contributed by atoms with Crippen LogP contribution in [0.5, 0.6) is 5.75 Å². The zero-order valence-electron chi connectivity index (χ0n) is 11.6. The average Bonchev–Trinajstić information content (AvgIpc) is 2.97. The van der Waals surface area contributed by atoms with Crippen molar-refractivity contribution in [3.05, 3.63) is 46.0 Å². The lowest BCUT2D eigenvalue weighted by Crippen LogP contribution is -2.08. The van der Waals surface area contributed by atoms with Gasteiger partial charge in [-0.05, 0) is 52.0 Å². The predicted octanol–water partition coefficient (Wildman–Crippen LogP) is 4.64. The number of aromatic nitrogens is 2. The van der Waals surface area contributed by atoms with Crippen LogP contribution >= 0.6 is 27.3 Å².